The third kappa shape index (κ3) is 0.561. The lowest BCUT2D eigenvalue weighted by molar-refractivity contribution is 0.813. The predicted octanol–water partition coefficient (Wildman–Crippen LogP) is 1.30. The Hall–Kier alpha value is -1.05. The van der Waals surface area contributed by atoms with Gasteiger partial charge in [-0.05, 0) is 13.0 Å². The lowest BCUT2D eigenvalue weighted by Gasteiger charge is -1.96. The summed E-state index contributed by atoms with van der Waals surface area (Å²) in [6.07, 6.45) is 5.28. The molecule has 2 nitrogen and oxygen atoms in total. The van der Waals surface area contributed by atoms with Crippen LogP contribution in [-0.4, -0.2) is 9.55 Å². The van der Waals surface area contributed by atoms with Crippen LogP contribution in [0.1, 0.15) is 17.2 Å². The number of allylic oxidation sites excluding steroid dienone is 1. The molecule has 0 aromatic carbocycles. The smallest absolute Gasteiger partial charge is 0.106 e. The largest absolute Gasteiger partial charge is 0.334 e. The number of nitrogens with zero attached hydrogens (tertiary/aromatic N) is 2. The van der Waals surface area contributed by atoms with Crippen LogP contribution >= 0.6 is 0 Å². The van der Waals surface area contributed by atoms with Crippen molar-refractivity contribution in [2.24, 2.45) is 7.05 Å². The number of aryl methyl sites for hydroxylation is 1. The maximum Gasteiger partial charge on any atom is 0.106 e. The third-order valence-corrected chi connectivity index (χ3v) is 2.06. The Kier molecular flexibility index (Phi) is 0.982. The van der Waals surface area contributed by atoms with Crippen LogP contribution in [0.15, 0.2) is 6.08 Å². The molecule has 52 valence electrons. The van der Waals surface area contributed by atoms with Crippen LogP contribution in [-0.2, 0) is 13.5 Å². The van der Waals surface area contributed by atoms with Gasteiger partial charge in [-0.2, -0.15) is 0 Å². The highest BCUT2D eigenvalue weighted by molar-refractivity contribution is 5.54. The highest BCUT2D eigenvalue weighted by Gasteiger charge is 2.11. The fourth-order valence-corrected chi connectivity index (χ4v) is 1.34. The third-order valence-electron chi connectivity index (χ3n) is 2.06. The molecule has 1 aliphatic rings. The zero-order valence-corrected chi connectivity index (χ0v) is 6.26. The standard InChI is InChI=1S/C8H10N2/c1-6-9-7-4-3-5-8(7)10(6)2/h3-4H,5H2,1-2H3. The number of aromatic nitrogens is 2. The predicted molar refractivity (Wildman–Crippen MR) is 40.7 cm³/mol. The molecule has 0 spiro atoms. The second kappa shape index (κ2) is 1.72. The molecule has 1 heterocycles. The Morgan fingerprint density at radius 3 is 3.10 bits per heavy atom. The maximum absolute atomic E-state index is 4.37. The second-order valence-electron chi connectivity index (χ2n) is 2.66. The van der Waals surface area contributed by atoms with E-state index in [1.165, 1.54) is 5.69 Å². The SMILES string of the molecule is Cc1nc2c(n1C)CC=C2. The molecule has 0 radical (unpaired) electrons. The molecule has 0 amide bonds. The van der Waals surface area contributed by atoms with E-state index in [1.54, 1.807) is 0 Å². The Morgan fingerprint density at radius 2 is 2.40 bits per heavy atom. The van der Waals surface area contributed by atoms with E-state index in [0.29, 0.717) is 0 Å². The van der Waals surface area contributed by atoms with Gasteiger partial charge in [-0.15, -0.1) is 0 Å². The van der Waals surface area contributed by atoms with Gasteiger partial charge >= 0.3 is 0 Å². The van der Waals surface area contributed by atoms with Crippen molar-refractivity contribution < 1.29 is 0 Å². The Bertz CT molecular complexity index is 294. The highest BCUT2D eigenvalue weighted by atomic mass is 15.1. The summed E-state index contributed by atoms with van der Waals surface area (Å²) >= 11 is 0. The van der Waals surface area contributed by atoms with Gasteiger partial charge in [-0.3, -0.25) is 0 Å². The molecule has 0 unspecified atom stereocenters. The van der Waals surface area contributed by atoms with E-state index in [9.17, 15) is 0 Å². The quantitative estimate of drug-likeness (QED) is 0.523. The summed E-state index contributed by atoms with van der Waals surface area (Å²) in [5, 5.41) is 0. The average Bonchev–Trinajstić information content (AvgIpc) is 2.41. The molecule has 1 aromatic rings. The van der Waals surface area contributed by atoms with E-state index >= 15 is 0 Å². The van der Waals surface area contributed by atoms with Gasteiger partial charge in [0, 0.05) is 19.2 Å². The van der Waals surface area contributed by atoms with Crippen molar-refractivity contribution in [3.8, 4) is 0 Å². The van der Waals surface area contributed by atoms with Crippen molar-refractivity contribution in [2.75, 3.05) is 0 Å². The van der Waals surface area contributed by atoms with Crippen molar-refractivity contribution in [3.63, 3.8) is 0 Å². The fraction of sp³-hybridized carbons (Fsp3) is 0.375. The Balaban J connectivity index is 2.67. The van der Waals surface area contributed by atoms with Crippen molar-refractivity contribution in [2.45, 2.75) is 13.3 Å². The molecule has 1 aromatic heterocycles. The minimum absolute atomic E-state index is 1.05. The van der Waals surface area contributed by atoms with Crippen LogP contribution in [0.4, 0.5) is 0 Å². The number of hydrogen-bond donors (Lipinski definition) is 0. The molecule has 0 bridgehead atoms. The number of fused-ring (bicyclic) bond motifs is 1. The van der Waals surface area contributed by atoms with Crippen molar-refractivity contribution in [1.29, 1.82) is 0 Å². The molecule has 0 N–H and O–H groups in total. The summed E-state index contributed by atoms with van der Waals surface area (Å²) < 4.78 is 2.15. The molecule has 2 rings (SSSR count). The van der Waals surface area contributed by atoms with E-state index in [2.05, 4.69) is 28.8 Å². The van der Waals surface area contributed by atoms with Gasteiger partial charge in [0.05, 0.1) is 5.69 Å². The van der Waals surface area contributed by atoms with Gasteiger partial charge in [0.15, 0.2) is 0 Å². The highest BCUT2D eigenvalue weighted by Crippen LogP contribution is 2.18. The summed E-state index contributed by atoms with van der Waals surface area (Å²) in [4.78, 5) is 4.37. The first-order valence-corrected chi connectivity index (χ1v) is 3.48. The van der Waals surface area contributed by atoms with E-state index in [1.807, 2.05) is 6.92 Å². The average molecular weight is 134 g/mol. The first kappa shape index (κ1) is 5.71. The second-order valence-corrected chi connectivity index (χ2v) is 2.66. The number of hydrogen-bond acceptors (Lipinski definition) is 1. The van der Waals surface area contributed by atoms with Crippen molar-refractivity contribution in [1.82, 2.24) is 9.55 Å². The van der Waals surface area contributed by atoms with E-state index in [-0.39, 0.29) is 0 Å². The first-order chi connectivity index (χ1) is 4.79. The normalized spacial score (nSPS) is 14.2. The Morgan fingerprint density at radius 1 is 1.60 bits per heavy atom. The topological polar surface area (TPSA) is 17.8 Å². The van der Waals surface area contributed by atoms with Crippen LogP contribution in [0.3, 0.4) is 0 Å². The first-order valence-electron chi connectivity index (χ1n) is 3.48. The lowest BCUT2D eigenvalue weighted by Crippen LogP contribution is -1.95. The van der Waals surface area contributed by atoms with Crippen LogP contribution in [0.5, 0.6) is 0 Å². The van der Waals surface area contributed by atoms with Gasteiger partial charge in [-0.1, -0.05) is 6.08 Å². The van der Waals surface area contributed by atoms with Crippen LogP contribution in [0.25, 0.3) is 6.08 Å². The fourth-order valence-electron chi connectivity index (χ4n) is 1.34. The van der Waals surface area contributed by atoms with Gasteiger partial charge in [0.1, 0.15) is 5.82 Å². The molecule has 2 heteroatoms. The molecule has 0 atom stereocenters. The van der Waals surface area contributed by atoms with Crippen LogP contribution in [0, 0.1) is 6.92 Å². The zero-order valence-electron chi connectivity index (χ0n) is 6.26. The minimum atomic E-state index is 1.05. The van der Waals surface area contributed by atoms with Gasteiger partial charge in [0.25, 0.3) is 0 Å². The van der Waals surface area contributed by atoms with Crippen molar-refractivity contribution in [3.05, 3.63) is 23.3 Å². The monoisotopic (exact) mass is 134 g/mol. The van der Waals surface area contributed by atoms with Gasteiger partial charge < -0.3 is 4.57 Å². The molecule has 0 fully saturated rings. The molecule has 0 saturated carbocycles. The molecular weight excluding hydrogens is 124 g/mol. The number of imidazole rings is 1. The van der Waals surface area contributed by atoms with E-state index < -0.39 is 0 Å². The zero-order chi connectivity index (χ0) is 7.14. The van der Waals surface area contributed by atoms with Crippen LogP contribution < -0.4 is 0 Å². The minimum Gasteiger partial charge on any atom is -0.334 e. The molecule has 0 saturated heterocycles. The lowest BCUT2D eigenvalue weighted by atomic mass is 10.3. The van der Waals surface area contributed by atoms with Gasteiger partial charge in [0.2, 0.25) is 0 Å². The van der Waals surface area contributed by atoms with E-state index in [4.69, 9.17) is 0 Å². The number of rotatable bonds is 0. The molecule has 1 aliphatic carbocycles. The summed E-state index contributed by atoms with van der Waals surface area (Å²) in [5.41, 5.74) is 2.50. The molecule has 0 aliphatic heterocycles. The summed E-state index contributed by atoms with van der Waals surface area (Å²) in [6, 6.07) is 0. The summed E-state index contributed by atoms with van der Waals surface area (Å²) in [6.45, 7) is 2.03. The Labute approximate surface area is 60.2 Å². The van der Waals surface area contributed by atoms with Gasteiger partial charge in [-0.25, -0.2) is 4.98 Å². The molecule has 10 heavy (non-hydrogen) atoms. The summed E-state index contributed by atoms with van der Waals surface area (Å²) in [5.74, 6) is 1.11. The van der Waals surface area contributed by atoms with E-state index in [0.717, 1.165) is 17.9 Å². The van der Waals surface area contributed by atoms with Crippen LogP contribution in [0.2, 0.25) is 0 Å². The maximum atomic E-state index is 4.37. The summed E-state index contributed by atoms with van der Waals surface area (Å²) in [7, 11) is 2.06. The van der Waals surface area contributed by atoms with Crippen molar-refractivity contribution >= 4 is 6.08 Å². The molecular formula is C8H10N2.